The van der Waals surface area contributed by atoms with E-state index in [2.05, 4.69) is 139 Å². The van der Waals surface area contributed by atoms with E-state index in [0.717, 1.165) is 17.8 Å². The second kappa shape index (κ2) is 8.18. The molecule has 3 heteroatoms. The monoisotopic (exact) mass is 478 g/mol. The van der Waals surface area contributed by atoms with Gasteiger partial charge in [-0.3, -0.25) is 4.57 Å². The average molecular weight is 479 g/mol. The van der Waals surface area contributed by atoms with E-state index >= 15 is 0 Å². The predicted molar refractivity (Wildman–Crippen MR) is 153 cm³/mol. The first kappa shape index (κ1) is 21.1. The van der Waals surface area contributed by atoms with Crippen LogP contribution in [0.4, 0.5) is 0 Å². The molecule has 0 atom stereocenters. The fourth-order valence-corrected chi connectivity index (χ4v) is 9.39. The predicted octanol–water partition coefficient (Wildman–Crippen LogP) is 5.70. The van der Waals surface area contributed by atoms with Gasteiger partial charge in [-0.2, -0.15) is 0 Å². The standard InChI is InChI=1S/C33H26N2Si/c1-36(27-13-4-2-5-14-27,28-15-6-3-7-16-28)29-17-10-12-24(21-29)25-19-20-30-32(22-25)35-31-18-9-8-11-26(31)23-33(35)34-30/h2-22H,23H2,1H3. The van der Waals surface area contributed by atoms with Crippen molar-refractivity contribution in [2.45, 2.75) is 13.0 Å². The van der Waals surface area contributed by atoms with Crippen LogP contribution in [0.1, 0.15) is 11.4 Å². The molecule has 1 aromatic heterocycles. The van der Waals surface area contributed by atoms with Gasteiger partial charge in [0.15, 0.2) is 0 Å². The molecule has 0 radical (unpaired) electrons. The molecule has 172 valence electrons. The lowest BCUT2D eigenvalue weighted by Gasteiger charge is -2.30. The van der Waals surface area contributed by atoms with Crippen LogP contribution in [-0.4, -0.2) is 17.6 Å². The summed E-state index contributed by atoms with van der Waals surface area (Å²) in [5, 5.41) is 4.27. The maximum absolute atomic E-state index is 4.95. The minimum absolute atomic E-state index is 0.897. The van der Waals surface area contributed by atoms with Gasteiger partial charge in [-0.05, 0) is 50.4 Å². The van der Waals surface area contributed by atoms with E-state index in [9.17, 15) is 0 Å². The second-order valence-corrected chi connectivity index (χ2v) is 13.8. The largest absolute Gasteiger partial charge is 0.296 e. The Morgan fingerprint density at radius 2 is 1.25 bits per heavy atom. The fraction of sp³-hybridized carbons (Fsp3) is 0.0606. The summed E-state index contributed by atoms with van der Waals surface area (Å²) in [7, 11) is -2.16. The molecule has 1 aliphatic heterocycles. The Kier molecular flexibility index (Phi) is 4.79. The van der Waals surface area contributed by atoms with Gasteiger partial charge in [0.2, 0.25) is 0 Å². The Morgan fingerprint density at radius 1 is 0.611 bits per heavy atom. The van der Waals surface area contributed by atoms with Gasteiger partial charge in [0, 0.05) is 6.42 Å². The van der Waals surface area contributed by atoms with Crippen LogP contribution in [0, 0.1) is 0 Å². The Labute approximate surface area is 212 Å². The summed E-state index contributed by atoms with van der Waals surface area (Å²) in [4.78, 5) is 4.95. The Balaban J connectivity index is 1.38. The molecule has 0 spiro atoms. The fourth-order valence-electron chi connectivity index (χ4n) is 5.79. The summed E-state index contributed by atoms with van der Waals surface area (Å²) in [6, 6.07) is 46.6. The second-order valence-electron chi connectivity index (χ2n) is 9.81. The molecular formula is C33H26N2Si. The van der Waals surface area contributed by atoms with Crippen LogP contribution in [0.25, 0.3) is 27.8 Å². The Morgan fingerprint density at radius 3 is 2.00 bits per heavy atom. The molecule has 0 saturated heterocycles. The summed E-state index contributed by atoms with van der Waals surface area (Å²) < 4.78 is 2.34. The molecule has 0 amide bonds. The lowest BCUT2D eigenvalue weighted by atomic mass is 10.1. The van der Waals surface area contributed by atoms with Crippen molar-refractivity contribution in [3.05, 3.63) is 139 Å². The van der Waals surface area contributed by atoms with Crippen LogP contribution in [0.3, 0.4) is 0 Å². The zero-order valence-corrected chi connectivity index (χ0v) is 21.2. The van der Waals surface area contributed by atoms with Crippen molar-refractivity contribution in [1.29, 1.82) is 0 Å². The molecule has 5 aromatic carbocycles. The molecule has 7 rings (SSSR count). The van der Waals surface area contributed by atoms with Crippen LogP contribution in [0.5, 0.6) is 0 Å². The zero-order chi connectivity index (χ0) is 24.1. The Bertz CT molecular complexity index is 1680. The normalized spacial score (nSPS) is 12.5. The molecule has 0 fully saturated rings. The smallest absolute Gasteiger partial charge is 0.145 e. The summed E-state index contributed by atoms with van der Waals surface area (Å²) >= 11 is 0. The first-order chi connectivity index (χ1) is 17.7. The van der Waals surface area contributed by atoms with Crippen LogP contribution in [0.2, 0.25) is 6.55 Å². The minimum Gasteiger partial charge on any atom is -0.296 e. The zero-order valence-electron chi connectivity index (χ0n) is 20.2. The first-order valence-corrected chi connectivity index (χ1v) is 15.0. The number of fused-ring (bicyclic) bond motifs is 5. The van der Waals surface area contributed by atoms with Gasteiger partial charge < -0.3 is 0 Å². The van der Waals surface area contributed by atoms with Crippen molar-refractivity contribution in [3.63, 3.8) is 0 Å². The Hall–Kier alpha value is -4.21. The summed E-state index contributed by atoms with van der Waals surface area (Å²) in [5.41, 5.74) is 7.34. The topological polar surface area (TPSA) is 17.8 Å². The molecule has 0 unspecified atom stereocenters. The van der Waals surface area contributed by atoms with Crippen molar-refractivity contribution in [1.82, 2.24) is 9.55 Å². The van der Waals surface area contributed by atoms with Crippen LogP contribution in [-0.2, 0) is 6.42 Å². The van der Waals surface area contributed by atoms with Crippen molar-refractivity contribution >= 4 is 34.7 Å². The number of benzene rings is 5. The van der Waals surface area contributed by atoms with E-state index < -0.39 is 8.07 Å². The van der Waals surface area contributed by atoms with Gasteiger partial charge in [-0.15, -0.1) is 0 Å². The van der Waals surface area contributed by atoms with Gasteiger partial charge in [-0.1, -0.05) is 116 Å². The molecule has 2 heterocycles. The number of para-hydroxylation sites is 1. The number of imidazole rings is 1. The van der Waals surface area contributed by atoms with E-state index in [1.807, 2.05) is 0 Å². The van der Waals surface area contributed by atoms with E-state index in [-0.39, 0.29) is 0 Å². The molecule has 0 bridgehead atoms. The minimum atomic E-state index is -2.16. The van der Waals surface area contributed by atoms with Gasteiger partial charge in [0.25, 0.3) is 0 Å². The molecule has 0 N–H and O–H groups in total. The molecular weight excluding hydrogens is 452 g/mol. The summed E-state index contributed by atoms with van der Waals surface area (Å²) in [5.74, 6) is 1.13. The third kappa shape index (κ3) is 3.20. The molecule has 1 aliphatic rings. The number of aromatic nitrogens is 2. The van der Waals surface area contributed by atoms with E-state index in [1.165, 1.54) is 43.5 Å². The highest BCUT2D eigenvalue weighted by molar-refractivity contribution is 7.10. The van der Waals surface area contributed by atoms with Gasteiger partial charge >= 0.3 is 0 Å². The summed E-state index contributed by atoms with van der Waals surface area (Å²) in [6.45, 7) is 2.47. The molecule has 36 heavy (non-hydrogen) atoms. The lowest BCUT2D eigenvalue weighted by molar-refractivity contribution is 1.02. The van der Waals surface area contributed by atoms with Crippen LogP contribution < -0.4 is 15.6 Å². The van der Waals surface area contributed by atoms with E-state index in [1.54, 1.807) is 0 Å². The van der Waals surface area contributed by atoms with Crippen LogP contribution >= 0.6 is 0 Å². The quantitative estimate of drug-likeness (QED) is 0.235. The molecule has 0 aliphatic carbocycles. The molecule has 2 nitrogen and oxygen atoms in total. The lowest BCUT2D eigenvalue weighted by Crippen LogP contribution is -2.64. The third-order valence-corrected chi connectivity index (χ3v) is 12.2. The third-order valence-electron chi connectivity index (χ3n) is 7.78. The maximum Gasteiger partial charge on any atom is 0.145 e. The van der Waals surface area contributed by atoms with Gasteiger partial charge in [0.05, 0.1) is 16.7 Å². The van der Waals surface area contributed by atoms with E-state index in [4.69, 9.17) is 4.98 Å². The van der Waals surface area contributed by atoms with Crippen molar-refractivity contribution < 1.29 is 0 Å². The van der Waals surface area contributed by atoms with Crippen molar-refractivity contribution in [2.24, 2.45) is 0 Å². The van der Waals surface area contributed by atoms with Crippen molar-refractivity contribution in [3.8, 4) is 16.8 Å². The molecule has 0 saturated carbocycles. The summed E-state index contributed by atoms with van der Waals surface area (Å²) in [6.07, 6.45) is 0.897. The SMILES string of the molecule is C[Si](c1ccccc1)(c1ccccc1)c1cccc(-c2ccc3nc4n(c3c2)-c2ccccc2C4)c1. The first-order valence-electron chi connectivity index (χ1n) is 12.5. The number of hydrogen-bond donors (Lipinski definition) is 0. The van der Waals surface area contributed by atoms with Gasteiger partial charge in [0.1, 0.15) is 13.9 Å². The van der Waals surface area contributed by atoms with Crippen LogP contribution in [0.15, 0.2) is 127 Å². The maximum atomic E-state index is 4.95. The average Bonchev–Trinajstić information content (AvgIpc) is 3.49. The van der Waals surface area contributed by atoms with Gasteiger partial charge in [-0.25, -0.2) is 4.98 Å². The van der Waals surface area contributed by atoms with Crippen molar-refractivity contribution in [2.75, 3.05) is 0 Å². The highest BCUT2D eigenvalue weighted by Gasteiger charge is 2.34. The van der Waals surface area contributed by atoms with E-state index in [0.29, 0.717) is 0 Å². The molecule has 6 aromatic rings. The number of rotatable bonds is 4. The highest BCUT2D eigenvalue weighted by atomic mass is 28.3. The number of hydrogen-bond acceptors (Lipinski definition) is 1. The number of nitrogens with zero attached hydrogens (tertiary/aromatic N) is 2. The highest BCUT2D eigenvalue weighted by Crippen LogP contribution is 2.33.